The zero-order valence-electron chi connectivity index (χ0n) is 24.5. The summed E-state index contributed by atoms with van der Waals surface area (Å²) in [5.41, 5.74) is 2.93. The number of nitrogens with one attached hydrogen (secondary N) is 1. The standard InChI is InChI=1S/C32H38ClN3O5S/c1-22-13-16-28(17-14-22)42(39,40)36(27-15-18-30(41-4)29(33)19-27)21-31(37)35(20-25-10-6-5-9-23(25)2)24(3)32(38)34-26-11-7-8-12-26/h5-6,9-10,13-19,24,26H,7-8,11-12,20-21H2,1-4H3,(H,34,38)/t24-/m0/s1. The van der Waals surface area contributed by atoms with Crippen LogP contribution < -0.4 is 14.4 Å². The van der Waals surface area contributed by atoms with Crippen LogP contribution in [0.5, 0.6) is 5.75 Å². The molecule has 0 aromatic heterocycles. The highest BCUT2D eigenvalue weighted by atomic mass is 35.5. The van der Waals surface area contributed by atoms with Crippen LogP contribution in [0, 0.1) is 13.8 Å². The summed E-state index contributed by atoms with van der Waals surface area (Å²) in [6, 6.07) is 17.9. The summed E-state index contributed by atoms with van der Waals surface area (Å²) in [7, 11) is -2.73. The number of halogens is 1. The highest BCUT2D eigenvalue weighted by Crippen LogP contribution is 2.32. The van der Waals surface area contributed by atoms with Gasteiger partial charge in [-0.15, -0.1) is 0 Å². The average Bonchev–Trinajstić information content (AvgIpc) is 3.48. The minimum absolute atomic E-state index is 0.0327. The maximum absolute atomic E-state index is 14.1. The van der Waals surface area contributed by atoms with Crippen molar-refractivity contribution in [2.75, 3.05) is 18.0 Å². The van der Waals surface area contributed by atoms with E-state index in [1.54, 1.807) is 31.2 Å². The number of methoxy groups -OCH3 is 1. The number of rotatable bonds is 11. The van der Waals surface area contributed by atoms with Crippen LogP contribution in [-0.2, 0) is 26.2 Å². The number of carbonyl (C=O) groups excluding carboxylic acids is 2. The Bertz CT molecular complexity index is 1520. The molecule has 3 aromatic rings. The zero-order valence-corrected chi connectivity index (χ0v) is 26.0. The van der Waals surface area contributed by atoms with Gasteiger partial charge in [-0.2, -0.15) is 0 Å². The van der Waals surface area contributed by atoms with E-state index in [2.05, 4.69) is 5.32 Å². The maximum Gasteiger partial charge on any atom is 0.264 e. The number of ether oxygens (including phenoxy) is 1. The molecule has 8 nitrogen and oxygen atoms in total. The number of hydrogen-bond acceptors (Lipinski definition) is 5. The summed E-state index contributed by atoms with van der Waals surface area (Å²) < 4.78 is 34.3. The van der Waals surface area contributed by atoms with Crippen LogP contribution in [0.25, 0.3) is 0 Å². The van der Waals surface area contributed by atoms with E-state index in [0.717, 1.165) is 46.7 Å². The molecule has 0 unspecified atom stereocenters. The predicted octanol–water partition coefficient (Wildman–Crippen LogP) is 5.64. The lowest BCUT2D eigenvalue weighted by Crippen LogP contribution is -2.52. The van der Waals surface area contributed by atoms with Gasteiger partial charge in [-0.3, -0.25) is 13.9 Å². The van der Waals surface area contributed by atoms with Gasteiger partial charge in [0.05, 0.1) is 22.7 Å². The van der Waals surface area contributed by atoms with E-state index in [4.69, 9.17) is 16.3 Å². The molecule has 1 aliphatic rings. The van der Waals surface area contributed by atoms with Crippen LogP contribution in [0.1, 0.15) is 49.3 Å². The smallest absolute Gasteiger partial charge is 0.264 e. The molecular formula is C32H38ClN3O5S. The lowest BCUT2D eigenvalue weighted by atomic mass is 10.1. The molecule has 0 spiro atoms. The van der Waals surface area contributed by atoms with E-state index in [-0.39, 0.29) is 34.1 Å². The molecule has 0 radical (unpaired) electrons. The Kier molecular flexibility index (Phi) is 10.2. The Morgan fingerprint density at radius 1 is 1.02 bits per heavy atom. The molecule has 3 aromatic carbocycles. The van der Waals surface area contributed by atoms with Gasteiger partial charge in [-0.1, -0.05) is 66.4 Å². The fourth-order valence-electron chi connectivity index (χ4n) is 5.12. The number of sulfonamides is 1. The topological polar surface area (TPSA) is 96.0 Å². The van der Waals surface area contributed by atoms with Crippen molar-refractivity contribution in [1.29, 1.82) is 0 Å². The third-order valence-corrected chi connectivity index (χ3v) is 9.87. The molecular weight excluding hydrogens is 574 g/mol. The molecule has 0 heterocycles. The number of hydrogen-bond donors (Lipinski definition) is 1. The Labute approximate surface area is 253 Å². The van der Waals surface area contributed by atoms with Crippen LogP contribution in [0.3, 0.4) is 0 Å². The first-order chi connectivity index (χ1) is 20.0. The minimum Gasteiger partial charge on any atom is -0.495 e. The van der Waals surface area contributed by atoms with Crippen LogP contribution in [0.2, 0.25) is 5.02 Å². The molecule has 2 amide bonds. The summed E-state index contributed by atoms with van der Waals surface area (Å²) in [6.07, 6.45) is 3.93. The first kappa shape index (κ1) is 31.4. The van der Waals surface area contributed by atoms with E-state index in [1.165, 1.54) is 30.2 Å². The largest absolute Gasteiger partial charge is 0.495 e. The lowest BCUT2D eigenvalue weighted by molar-refractivity contribution is -0.139. The van der Waals surface area contributed by atoms with Gasteiger partial charge in [0.25, 0.3) is 10.0 Å². The minimum atomic E-state index is -4.20. The van der Waals surface area contributed by atoms with Gasteiger partial charge in [0.2, 0.25) is 11.8 Å². The van der Waals surface area contributed by atoms with Crippen molar-refractivity contribution >= 4 is 39.1 Å². The fourth-order valence-corrected chi connectivity index (χ4v) is 6.78. The molecule has 1 saturated carbocycles. The molecule has 1 atom stereocenters. The summed E-state index contributed by atoms with van der Waals surface area (Å²) in [6.45, 7) is 5.10. The van der Waals surface area contributed by atoms with Crippen LogP contribution in [0.4, 0.5) is 5.69 Å². The fraction of sp³-hybridized carbons (Fsp3) is 0.375. The van der Waals surface area contributed by atoms with Crippen molar-refractivity contribution < 1.29 is 22.7 Å². The van der Waals surface area contributed by atoms with Gasteiger partial charge in [-0.25, -0.2) is 8.42 Å². The average molecular weight is 612 g/mol. The number of amides is 2. The van der Waals surface area contributed by atoms with Crippen molar-refractivity contribution in [3.8, 4) is 5.75 Å². The van der Waals surface area contributed by atoms with Gasteiger partial charge in [0.1, 0.15) is 18.3 Å². The highest BCUT2D eigenvalue weighted by molar-refractivity contribution is 7.92. The Morgan fingerprint density at radius 2 is 1.69 bits per heavy atom. The Hall–Kier alpha value is -3.56. The molecule has 224 valence electrons. The van der Waals surface area contributed by atoms with Crippen molar-refractivity contribution in [3.05, 3.63) is 88.4 Å². The van der Waals surface area contributed by atoms with Gasteiger partial charge < -0.3 is 15.0 Å². The molecule has 1 N–H and O–H groups in total. The zero-order chi connectivity index (χ0) is 30.4. The summed E-state index contributed by atoms with van der Waals surface area (Å²) >= 11 is 6.39. The molecule has 10 heteroatoms. The number of anilines is 1. The van der Waals surface area contributed by atoms with Crippen LogP contribution in [-0.4, -0.2) is 50.9 Å². The summed E-state index contributed by atoms with van der Waals surface area (Å²) in [4.78, 5) is 29.0. The predicted molar refractivity (Wildman–Crippen MR) is 165 cm³/mol. The number of carbonyl (C=O) groups is 2. The van der Waals surface area contributed by atoms with Crippen molar-refractivity contribution in [2.24, 2.45) is 0 Å². The number of aryl methyl sites for hydroxylation is 2. The molecule has 42 heavy (non-hydrogen) atoms. The quantitative estimate of drug-likeness (QED) is 0.303. The normalized spacial score (nSPS) is 14.3. The van der Waals surface area contributed by atoms with Gasteiger partial charge in [0.15, 0.2) is 0 Å². The number of benzene rings is 3. The van der Waals surface area contributed by atoms with Gasteiger partial charge >= 0.3 is 0 Å². The third-order valence-electron chi connectivity index (χ3n) is 7.78. The molecule has 0 saturated heterocycles. The van der Waals surface area contributed by atoms with Crippen LogP contribution >= 0.6 is 11.6 Å². The lowest BCUT2D eigenvalue weighted by Gasteiger charge is -2.33. The second-order valence-electron chi connectivity index (χ2n) is 10.8. The van der Waals surface area contributed by atoms with E-state index < -0.39 is 28.5 Å². The van der Waals surface area contributed by atoms with Gasteiger partial charge in [0, 0.05) is 12.6 Å². The second kappa shape index (κ2) is 13.6. The summed E-state index contributed by atoms with van der Waals surface area (Å²) in [5.74, 6) is -0.406. The molecule has 1 aliphatic carbocycles. The van der Waals surface area contributed by atoms with E-state index >= 15 is 0 Å². The SMILES string of the molecule is COc1ccc(N(CC(=O)N(Cc2ccccc2C)[C@@H](C)C(=O)NC2CCCC2)S(=O)(=O)c2ccc(C)cc2)cc1Cl. The first-order valence-electron chi connectivity index (χ1n) is 14.1. The van der Waals surface area contributed by atoms with E-state index in [9.17, 15) is 18.0 Å². The molecule has 1 fully saturated rings. The van der Waals surface area contributed by atoms with Gasteiger partial charge in [-0.05, 0) is 75.1 Å². The maximum atomic E-state index is 14.1. The molecule has 0 bridgehead atoms. The third kappa shape index (κ3) is 7.25. The van der Waals surface area contributed by atoms with Crippen molar-refractivity contribution in [3.63, 3.8) is 0 Å². The Balaban J connectivity index is 1.72. The molecule has 4 rings (SSSR count). The summed E-state index contributed by atoms with van der Waals surface area (Å²) in [5, 5.41) is 3.29. The van der Waals surface area contributed by atoms with E-state index in [0.29, 0.717) is 5.75 Å². The highest BCUT2D eigenvalue weighted by Gasteiger charge is 2.33. The van der Waals surface area contributed by atoms with Crippen molar-refractivity contribution in [1.82, 2.24) is 10.2 Å². The first-order valence-corrected chi connectivity index (χ1v) is 15.9. The molecule has 0 aliphatic heterocycles. The Morgan fingerprint density at radius 3 is 2.31 bits per heavy atom. The van der Waals surface area contributed by atoms with E-state index in [1.807, 2.05) is 38.1 Å². The number of nitrogens with zero attached hydrogens (tertiary/aromatic N) is 2. The monoisotopic (exact) mass is 611 g/mol. The second-order valence-corrected chi connectivity index (χ2v) is 13.0. The van der Waals surface area contributed by atoms with Crippen molar-refractivity contribution in [2.45, 2.75) is 70.0 Å². The van der Waals surface area contributed by atoms with Crippen LogP contribution in [0.15, 0.2) is 71.6 Å².